The van der Waals surface area contributed by atoms with Crippen LogP contribution in [0.5, 0.6) is 5.75 Å². The molecule has 1 aromatic heterocycles. The zero-order chi connectivity index (χ0) is 19.7. The maximum Gasteiger partial charge on any atom is 0.511 e. The van der Waals surface area contributed by atoms with Gasteiger partial charge in [-0.15, -0.1) is 0 Å². The van der Waals surface area contributed by atoms with Gasteiger partial charge < -0.3 is 24.6 Å². The molecule has 0 amide bonds. The number of allylic oxidation sites excluding steroid dienone is 3. The molecular formula is C20H14N2O6. The summed E-state index contributed by atoms with van der Waals surface area (Å²) >= 11 is 0. The largest absolute Gasteiger partial charge is 0.511 e. The highest BCUT2D eigenvalue weighted by molar-refractivity contribution is 5.89. The van der Waals surface area contributed by atoms with Gasteiger partial charge in [0, 0.05) is 23.2 Å². The molecule has 140 valence electrons. The van der Waals surface area contributed by atoms with Crippen LogP contribution in [0.2, 0.25) is 0 Å². The van der Waals surface area contributed by atoms with Gasteiger partial charge in [0.25, 0.3) is 0 Å². The van der Waals surface area contributed by atoms with Gasteiger partial charge >= 0.3 is 12.3 Å². The summed E-state index contributed by atoms with van der Waals surface area (Å²) in [6, 6.07) is 8.22. The van der Waals surface area contributed by atoms with Gasteiger partial charge in [-0.3, -0.25) is 0 Å². The number of hydrogen-bond acceptors (Lipinski definition) is 6. The normalized spacial score (nSPS) is 17.6. The molecule has 8 heteroatoms. The molecule has 0 bridgehead atoms. The fourth-order valence-electron chi connectivity index (χ4n) is 3.19. The van der Waals surface area contributed by atoms with Crippen molar-refractivity contribution in [2.24, 2.45) is 0 Å². The first-order valence-electron chi connectivity index (χ1n) is 8.30. The van der Waals surface area contributed by atoms with Gasteiger partial charge in [0.2, 0.25) is 0 Å². The number of carboxylic acid groups (broad SMARTS) is 2. The van der Waals surface area contributed by atoms with E-state index < -0.39 is 12.3 Å². The molecule has 1 atom stereocenters. The second-order valence-corrected chi connectivity index (χ2v) is 5.96. The molecule has 1 aliphatic heterocycles. The number of fused-ring (bicyclic) bond motifs is 2. The van der Waals surface area contributed by atoms with E-state index in [1.54, 1.807) is 47.5 Å². The quantitative estimate of drug-likeness (QED) is 0.770. The molecule has 4 rings (SSSR count). The van der Waals surface area contributed by atoms with E-state index in [1.165, 1.54) is 12.1 Å². The molecule has 0 fully saturated rings. The Morgan fingerprint density at radius 1 is 1.04 bits per heavy atom. The van der Waals surface area contributed by atoms with Crippen LogP contribution in [0, 0.1) is 0 Å². The number of rotatable bonds is 3. The topological polar surface area (TPSA) is 109 Å². The van der Waals surface area contributed by atoms with E-state index in [0.717, 1.165) is 0 Å². The van der Waals surface area contributed by atoms with Crippen LogP contribution in [0.1, 0.15) is 0 Å². The Kier molecular flexibility index (Phi) is 4.29. The summed E-state index contributed by atoms with van der Waals surface area (Å²) in [6.45, 7) is 0. The van der Waals surface area contributed by atoms with Crippen molar-refractivity contribution >= 4 is 29.0 Å². The van der Waals surface area contributed by atoms with Crippen LogP contribution in [0.25, 0.3) is 10.9 Å². The van der Waals surface area contributed by atoms with Crippen molar-refractivity contribution in [3.63, 3.8) is 0 Å². The highest BCUT2D eigenvalue weighted by Crippen LogP contribution is 2.35. The lowest BCUT2D eigenvalue weighted by molar-refractivity contribution is 0.120. The third-order valence-corrected chi connectivity index (χ3v) is 4.29. The minimum Gasteiger partial charge on any atom is -0.449 e. The number of nitrogens with zero attached hydrogens (tertiary/aromatic N) is 2. The predicted molar refractivity (Wildman–Crippen MR) is 100 cm³/mol. The maximum atomic E-state index is 11.1. The minimum atomic E-state index is -1.42. The van der Waals surface area contributed by atoms with Gasteiger partial charge in [-0.05, 0) is 18.2 Å². The van der Waals surface area contributed by atoms with Gasteiger partial charge in [0.15, 0.2) is 0 Å². The first kappa shape index (κ1) is 17.3. The fraction of sp³-hybridized carbons (Fsp3) is 0.0500. The molecule has 2 N–H and O–H groups in total. The lowest BCUT2D eigenvalue weighted by Crippen LogP contribution is -2.35. The van der Waals surface area contributed by atoms with Crippen LogP contribution in [-0.4, -0.2) is 33.5 Å². The Balaban J connectivity index is 1.80. The van der Waals surface area contributed by atoms with Crippen molar-refractivity contribution in [1.82, 2.24) is 4.98 Å². The van der Waals surface area contributed by atoms with Gasteiger partial charge in [-0.25, -0.2) is 14.6 Å². The summed E-state index contributed by atoms with van der Waals surface area (Å²) in [6.07, 6.45) is 7.57. The maximum absolute atomic E-state index is 11.1. The molecule has 0 saturated carbocycles. The van der Waals surface area contributed by atoms with E-state index in [-0.39, 0.29) is 17.6 Å². The minimum absolute atomic E-state index is 0.162. The Hall–Kier alpha value is -4.07. The number of ether oxygens (including phenoxy) is 2. The van der Waals surface area contributed by atoms with Crippen molar-refractivity contribution in [3.8, 4) is 5.75 Å². The zero-order valence-electron chi connectivity index (χ0n) is 14.4. The molecule has 2 heterocycles. The standard InChI is InChI=1S/C20H14N2O6/c23-19(24)27-16-9-10-22(15-8-4-2-6-13(15)16)18-11-17(28-20(25)26)12-5-1-3-7-14(12)21-18/h1-11,15H,(H,23,24)(H,25,26). The van der Waals surface area contributed by atoms with E-state index in [4.69, 9.17) is 19.7 Å². The fourth-order valence-corrected chi connectivity index (χ4v) is 3.19. The predicted octanol–water partition coefficient (Wildman–Crippen LogP) is 4.07. The summed E-state index contributed by atoms with van der Waals surface area (Å²) in [5, 5.41) is 18.6. The first-order valence-corrected chi connectivity index (χ1v) is 8.30. The Morgan fingerprint density at radius 3 is 2.61 bits per heavy atom. The molecule has 1 aliphatic carbocycles. The summed E-state index contributed by atoms with van der Waals surface area (Å²) in [5.74, 6) is 0.829. The summed E-state index contributed by atoms with van der Waals surface area (Å²) in [4.78, 5) is 28.5. The van der Waals surface area contributed by atoms with Gasteiger partial charge in [-0.2, -0.15) is 0 Å². The highest BCUT2D eigenvalue weighted by atomic mass is 16.7. The van der Waals surface area contributed by atoms with Crippen LogP contribution in [0.15, 0.2) is 78.2 Å². The van der Waals surface area contributed by atoms with E-state index in [1.807, 2.05) is 12.2 Å². The number of para-hydroxylation sites is 1. The lowest BCUT2D eigenvalue weighted by atomic mass is 9.96. The van der Waals surface area contributed by atoms with Crippen LogP contribution in [0.3, 0.4) is 0 Å². The third-order valence-electron chi connectivity index (χ3n) is 4.29. The van der Waals surface area contributed by atoms with Crippen molar-refractivity contribution < 1.29 is 29.3 Å². The molecular weight excluding hydrogens is 364 g/mol. The Bertz CT molecular complexity index is 1100. The number of carbonyl (C=O) groups is 2. The number of aromatic nitrogens is 1. The molecule has 2 aromatic rings. The van der Waals surface area contributed by atoms with Gasteiger partial charge in [0.1, 0.15) is 17.3 Å². The molecule has 0 radical (unpaired) electrons. The molecule has 1 unspecified atom stereocenters. The summed E-state index contributed by atoms with van der Waals surface area (Å²) < 4.78 is 9.81. The first-order chi connectivity index (χ1) is 13.5. The Morgan fingerprint density at radius 2 is 1.82 bits per heavy atom. The average molecular weight is 378 g/mol. The van der Waals surface area contributed by atoms with E-state index >= 15 is 0 Å². The summed E-state index contributed by atoms with van der Waals surface area (Å²) in [5.41, 5.74) is 1.21. The molecule has 28 heavy (non-hydrogen) atoms. The van der Waals surface area contributed by atoms with Crippen molar-refractivity contribution in [1.29, 1.82) is 0 Å². The Labute approximate surface area is 158 Å². The van der Waals surface area contributed by atoms with Crippen LogP contribution < -0.4 is 9.64 Å². The van der Waals surface area contributed by atoms with Crippen LogP contribution in [0.4, 0.5) is 15.4 Å². The van der Waals surface area contributed by atoms with Crippen molar-refractivity contribution in [3.05, 3.63) is 78.2 Å². The molecule has 2 aliphatic rings. The number of anilines is 1. The lowest BCUT2D eigenvalue weighted by Gasteiger charge is -2.33. The van der Waals surface area contributed by atoms with Crippen molar-refractivity contribution in [2.75, 3.05) is 4.90 Å². The highest BCUT2D eigenvalue weighted by Gasteiger charge is 2.28. The van der Waals surface area contributed by atoms with Gasteiger partial charge in [0.05, 0.1) is 11.6 Å². The van der Waals surface area contributed by atoms with Crippen molar-refractivity contribution in [2.45, 2.75) is 6.04 Å². The van der Waals surface area contributed by atoms with E-state index in [9.17, 15) is 9.59 Å². The molecule has 1 aromatic carbocycles. The second-order valence-electron chi connectivity index (χ2n) is 5.96. The smallest absolute Gasteiger partial charge is 0.449 e. The second kappa shape index (κ2) is 6.92. The molecule has 0 saturated heterocycles. The number of benzene rings is 1. The van der Waals surface area contributed by atoms with E-state index in [2.05, 4.69) is 4.98 Å². The monoisotopic (exact) mass is 378 g/mol. The van der Waals surface area contributed by atoms with E-state index in [0.29, 0.717) is 22.3 Å². The van der Waals surface area contributed by atoms with Crippen LogP contribution in [-0.2, 0) is 4.74 Å². The zero-order valence-corrected chi connectivity index (χ0v) is 14.4. The number of pyridine rings is 1. The van der Waals surface area contributed by atoms with Gasteiger partial charge in [-0.1, -0.05) is 36.4 Å². The molecule has 0 spiro atoms. The SMILES string of the molecule is O=C(O)OC1=C2C=CC=CC2N(c2cc(OC(=O)O)c3ccccc3n2)C=C1. The molecule has 8 nitrogen and oxygen atoms in total. The third kappa shape index (κ3) is 3.18. The number of hydrogen-bond donors (Lipinski definition) is 2. The van der Waals surface area contributed by atoms with Crippen LogP contribution >= 0.6 is 0 Å². The average Bonchev–Trinajstić information content (AvgIpc) is 2.67. The summed E-state index contributed by atoms with van der Waals surface area (Å²) in [7, 11) is 0.